The largest absolute Gasteiger partial charge is 0.449 e. The van der Waals surface area contributed by atoms with Gasteiger partial charge < -0.3 is 4.74 Å². The first-order valence-corrected chi connectivity index (χ1v) is 13.5. The molecule has 3 heteroatoms. The van der Waals surface area contributed by atoms with Crippen molar-refractivity contribution >= 4 is 12.3 Å². The molecule has 0 aromatic rings. The van der Waals surface area contributed by atoms with Crippen LogP contribution in [0.2, 0.25) is 0 Å². The molecule has 1 unspecified atom stereocenters. The Morgan fingerprint density at radius 2 is 1.22 bits per heavy atom. The minimum absolute atomic E-state index is 0.179. The third-order valence-electron chi connectivity index (χ3n) is 5.79. The summed E-state index contributed by atoms with van der Waals surface area (Å²) in [7, 11) is 0. The molecule has 0 aliphatic carbocycles. The minimum Gasteiger partial charge on any atom is -0.449 e. The zero-order valence-electron chi connectivity index (χ0n) is 21.2. The Kier molecular flexibility index (Phi) is 24.4. The Morgan fingerprint density at radius 3 is 1.78 bits per heavy atom. The fourth-order valence-electron chi connectivity index (χ4n) is 3.78. The van der Waals surface area contributed by atoms with E-state index in [0.29, 0.717) is 12.7 Å². The smallest absolute Gasteiger partial charge is 0.307 e. The van der Waals surface area contributed by atoms with Crippen LogP contribution in [0.5, 0.6) is 0 Å². The summed E-state index contributed by atoms with van der Waals surface area (Å²) in [6.45, 7) is 4.45. The number of allylic oxidation sites excluding steroid dienone is 2. The second kappa shape index (κ2) is 25.7. The molecule has 0 spiro atoms. The molecule has 0 fully saturated rings. The zero-order chi connectivity index (χ0) is 23.5. The number of hydrogen-bond acceptors (Lipinski definition) is 3. The van der Waals surface area contributed by atoms with E-state index in [2.05, 4.69) is 37.8 Å². The summed E-state index contributed by atoms with van der Waals surface area (Å²) in [4.78, 5) is 22.6. The van der Waals surface area contributed by atoms with Gasteiger partial charge in [-0.2, -0.15) is 0 Å². The van der Waals surface area contributed by atoms with Crippen molar-refractivity contribution in [3.8, 4) is 11.8 Å². The zero-order valence-corrected chi connectivity index (χ0v) is 21.2. The molecular weight excluding hydrogens is 396 g/mol. The highest BCUT2D eigenvalue weighted by Crippen LogP contribution is 2.13. The number of carbonyl (C=O) groups is 2. The van der Waals surface area contributed by atoms with Crippen LogP contribution in [-0.4, -0.2) is 18.4 Å². The molecule has 0 bridgehead atoms. The lowest BCUT2D eigenvalue weighted by Crippen LogP contribution is -2.16. The summed E-state index contributed by atoms with van der Waals surface area (Å²) in [5.74, 6) is 5.01. The Labute approximate surface area is 199 Å². The summed E-state index contributed by atoms with van der Waals surface area (Å²) in [5.41, 5.74) is 0. The van der Waals surface area contributed by atoms with E-state index in [1.165, 1.54) is 89.9 Å². The average molecular weight is 447 g/mol. The van der Waals surface area contributed by atoms with Crippen LogP contribution in [0.15, 0.2) is 12.2 Å². The van der Waals surface area contributed by atoms with Crippen molar-refractivity contribution in [3.63, 3.8) is 0 Å². The van der Waals surface area contributed by atoms with Gasteiger partial charge in [0, 0.05) is 6.42 Å². The van der Waals surface area contributed by atoms with E-state index in [-0.39, 0.29) is 5.97 Å². The third kappa shape index (κ3) is 23.1. The van der Waals surface area contributed by atoms with Gasteiger partial charge in [-0.3, -0.25) is 9.59 Å². The van der Waals surface area contributed by atoms with Crippen LogP contribution < -0.4 is 0 Å². The average Bonchev–Trinajstić information content (AvgIpc) is 2.79. The number of hydrogen-bond donors (Lipinski definition) is 0. The molecule has 184 valence electrons. The van der Waals surface area contributed by atoms with Gasteiger partial charge in [-0.1, -0.05) is 109 Å². The van der Waals surface area contributed by atoms with Crippen LogP contribution >= 0.6 is 0 Å². The van der Waals surface area contributed by atoms with E-state index in [1.54, 1.807) is 0 Å². The van der Waals surface area contributed by atoms with Gasteiger partial charge in [0.2, 0.25) is 0 Å². The van der Waals surface area contributed by atoms with Gasteiger partial charge >= 0.3 is 5.97 Å². The Bertz CT molecular complexity index is 512. The predicted molar refractivity (Wildman–Crippen MR) is 137 cm³/mol. The van der Waals surface area contributed by atoms with Crippen LogP contribution in [0.1, 0.15) is 142 Å². The summed E-state index contributed by atoms with van der Waals surface area (Å²) < 4.78 is 5.50. The van der Waals surface area contributed by atoms with Gasteiger partial charge in [-0.05, 0) is 50.9 Å². The molecular formula is C29H50O3. The predicted octanol–water partition coefficient (Wildman–Crippen LogP) is 8.50. The molecule has 0 N–H and O–H groups in total. The van der Waals surface area contributed by atoms with E-state index >= 15 is 0 Å². The van der Waals surface area contributed by atoms with Crippen LogP contribution in [0, 0.1) is 11.8 Å². The van der Waals surface area contributed by atoms with E-state index in [9.17, 15) is 9.59 Å². The quantitative estimate of drug-likeness (QED) is 0.0550. The number of rotatable bonds is 22. The summed E-state index contributed by atoms with van der Waals surface area (Å²) in [5, 5.41) is 0. The molecule has 0 amide bonds. The molecule has 0 aromatic heterocycles. The van der Waals surface area contributed by atoms with E-state index in [1.807, 2.05) is 0 Å². The first-order chi connectivity index (χ1) is 15.7. The fourth-order valence-corrected chi connectivity index (χ4v) is 3.78. The van der Waals surface area contributed by atoms with Gasteiger partial charge in [0.05, 0.1) is 0 Å². The number of esters is 1. The molecule has 3 nitrogen and oxygen atoms in total. The molecule has 0 heterocycles. The van der Waals surface area contributed by atoms with Gasteiger partial charge in [0.25, 0.3) is 0 Å². The number of carbonyl (C=O) groups excluding carboxylic acids is 2. The van der Waals surface area contributed by atoms with Crippen LogP contribution in [-0.2, 0) is 14.3 Å². The second-order valence-electron chi connectivity index (χ2n) is 8.92. The van der Waals surface area contributed by atoms with Crippen molar-refractivity contribution < 1.29 is 14.3 Å². The van der Waals surface area contributed by atoms with Crippen molar-refractivity contribution in [2.45, 2.75) is 148 Å². The lowest BCUT2D eigenvalue weighted by atomic mass is 10.1. The molecule has 1 atom stereocenters. The standard InChI is InChI=1S/C29H50O3/c1-3-5-7-9-10-11-12-13-14-15-16-17-18-20-22-26-29(31)32-28(25-23-27-30)24-21-19-8-6-4-2/h13-14,27-28H,3-12,15-22,24,26H2,1-2H3/b14-13-. The molecule has 32 heavy (non-hydrogen) atoms. The van der Waals surface area contributed by atoms with Crippen molar-refractivity contribution in [3.05, 3.63) is 12.2 Å². The maximum Gasteiger partial charge on any atom is 0.307 e. The van der Waals surface area contributed by atoms with Gasteiger partial charge in [-0.25, -0.2) is 0 Å². The maximum absolute atomic E-state index is 12.1. The van der Waals surface area contributed by atoms with Crippen LogP contribution in [0.25, 0.3) is 0 Å². The van der Waals surface area contributed by atoms with E-state index < -0.39 is 6.10 Å². The Balaban J connectivity index is 3.66. The third-order valence-corrected chi connectivity index (χ3v) is 5.79. The SMILES string of the molecule is CCCCCCCC/C=C\CCCCCCCC(=O)OC(C#CC=O)CCCCCCC. The van der Waals surface area contributed by atoms with Crippen molar-refractivity contribution in [1.29, 1.82) is 0 Å². The van der Waals surface area contributed by atoms with Crippen molar-refractivity contribution in [2.24, 2.45) is 0 Å². The van der Waals surface area contributed by atoms with Crippen molar-refractivity contribution in [2.75, 3.05) is 0 Å². The van der Waals surface area contributed by atoms with Gasteiger partial charge in [0.1, 0.15) is 0 Å². The van der Waals surface area contributed by atoms with E-state index in [4.69, 9.17) is 4.74 Å². The maximum atomic E-state index is 12.1. The highest BCUT2D eigenvalue weighted by atomic mass is 16.5. The number of unbranched alkanes of at least 4 members (excludes halogenated alkanes) is 15. The highest BCUT2D eigenvalue weighted by Gasteiger charge is 2.11. The molecule has 0 aliphatic rings. The highest BCUT2D eigenvalue weighted by molar-refractivity contribution is 5.73. The van der Waals surface area contributed by atoms with Crippen molar-refractivity contribution in [1.82, 2.24) is 0 Å². The van der Waals surface area contributed by atoms with Gasteiger partial charge in [-0.15, -0.1) is 0 Å². The topological polar surface area (TPSA) is 43.4 Å². The molecule has 0 aromatic carbocycles. The molecule has 0 radical (unpaired) electrons. The van der Waals surface area contributed by atoms with Crippen LogP contribution in [0.3, 0.4) is 0 Å². The molecule has 0 saturated carbocycles. The molecule has 0 aliphatic heterocycles. The summed E-state index contributed by atoms with van der Waals surface area (Å²) >= 11 is 0. The summed E-state index contributed by atoms with van der Waals surface area (Å²) in [6, 6.07) is 0. The Hall–Kier alpha value is -1.56. The molecule has 0 saturated heterocycles. The Morgan fingerprint density at radius 1 is 0.719 bits per heavy atom. The normalized spacial score (nSPS) is 11.8. The first-order valence-electron chi connectivity index (χ1n) is 13.5. The first kappa shape index (κ1) is 30.4. The lowest BCUT2D eigenvalue weighted by Gasteiger charge is -2.12. The van der Waals surface area contributed by atoms with E-state index in [0.717, 1.165) is 32.1 Å². The number of ether oxygens (including phenoxy) is 1. The lowest BCUT2D eigenvalue weighted by molar-refractivity contribution is -0.146. The fraction of sp³-hybridized carbons (Fsp3) is 0.793. The molecule has 0 rings (SSSR count). The van der Waals surface area contributed by atoms with Gasteiger partial charge in [0.15, 0.2) is 12.4 Å². The minimum atomic E-state index is -0.433. The second-order valence-corrected chi connectivity index (χ2v) is 8.92. The summed E-state index contributed by atoms with van der Waals surface area (Å²) in [6.07, 6.45) is 27.9. The van der Waals surface area contributed by atoms with Crippen LogP contribution in [0.4, 0.5) is 0 Å². The monoisotopic (exact) mass is 446 g/mol. The number of aldehydes is 1.